The molecule has 1 amide bonds. The number of nitrogens with zero attached hydrogens (tertiary/aromatic N) is 1. The summed E-state index contributed by atoms with van der Waals surface area (Å²) in [5, 5.41) is 2.89. The molecule has 0 aromatic heterocycles. The summed E-state index contributed by atoms with van der Waals surface area (Å²) in [5.41, 5.74) is 3.33. The van der Waals surface area contributed by atoms with Crippen LogP contribution in [0.3, 0.4) is 0 Å². The smallest absolute Gasteiger partial charge is 0.239 e. The molecule has 0 aliphatic carbocycles. The molecule has 0 saturated heterocycles. The first-order chi connectivity index (χ1) is 10.6. The standard InChI is InChI=1S/C18H19FN2O/c1-13-10-15-4-2-3-5-17(15)21(13)12-18(22)20-11-14-6-8-16(19)9-7-14/h2-9,13H,10-12H2,1H3,(H,20,22). The molecule has 1 aliphatic rings. The van der Waals surface area contributed by atoms with E-state index in [4.69, 9.17) is 0 Å². The van der Waals surface area contributed by atoms with Gasteiger partial charge in [-0.05, 0) is 42.7 Å². The number of benzene rings is 2. The fourth-order valence-corrected chi connectivity index (χ4v) is 2.88. The van der Waals surface area contributed by atoms with Crippen LogP contribution < -0.4 is 10.2 Å². The van der Waals surface area contributed by atoms with Gasteiger partial charge in [0, 0.05) is 18.3 Å². The number of fused-ring (bicyclic) bond motifs is 1. The van der Waals surface area contributed by atoms with E-state index in [1.54, 1.807) is 12.1 Å². The fraction of sp³-hybridized carbons (Fsp3) is 0.278. The lowest BCUT2D eigenvalue weighted by molar-refractivity contribution is -0.120. The quantitative estimate of drug-likeness (QED) is 0.941. The zero-order valence-electron chi connectivity index (χ0n) is 12.6. The van der Waals surface area contributed by atoms with Crippen LogP contribution in [0.1, 0.15) is 18.1 Å². The number of rotatable bonds is 4. The lowest BCUT2D eigenvalue weighted by atomic mass is 10.1. The van der Waals surface area contributed by atoms with Crippen LogP contribution in [0.4, 0.5) is 10.1 Å². The number of anilines is 1. The monoisotopic (exact) mass is 298 g/mol. The summed E-state index contributed by atoms with van der Waals surface area (Å²) in [6.45, 7) is 2.90. The van der Waals surface area contributed by atoms with Crippen molar-refractivity contribution in [2.45, 2.75) is 25.9 Å². The molecule has 2 aromatic carbocycles. The van der Waals surface area contributed by atoms with Crippen LogP contribution in [-0.2, 0) is 17.8 Å². The number of carbonyl (C=O) groups is 1. The van der Waals surface area contributed by atoms with Crippen LogP contribution in [0.15, 0.2) is 48.5 Å². The van der Waals surface area contributed by atoms with Crippen LogP contribution in [0.2, 0.25) is 0 Å². The van der Waals surface area contributed by atoms with Crippen molar-refractivity contribution in [1.29, 1.82) is 0 Å². The van der Waals surface area contributed by atoms with Crippen LogP contribution in [-0.4, -0.2) is 18.5 Å². The summed E-state index contributed by atoms with van der Waals surface area (Å²) >= 11 is 0. The molecule has 2 aromatic rings. The van der Waals surface area contributed by atoms with Gasteiger partial charge in [0.1, 0.15) is 5.82 Å². The number of hydrogen-bond donors (Lipinski definition) is 1. The molecule has 3 nitrogen and oxygen atoms in total. The van der Waals surface area contributed by atoms with Gasteiger partial charge in [0.15, 0.2) is 0 Å². The van der Waals surface area contributed by atoms with Crippen molar-refractivity contribution in [2.75, 3.05) is 11.4 Å². The van der Waals surface area contributed by atoms with Crippen LogP contribution in [0.25, 0.3) is 0 Å². The minimum Gasteiger partial charge on any atom is -0.359 e. The summed E-state index contributed by atoms with van der Waals surface area (Å²) in [4.78, 5) is 14.3. The average Bonchev–Trinajstić information content (AvgIpc) is 2.83. The van der Waals surface area contributed by atoms with Gasteiger partial charge in [-0.25, -0.2) is 4.39 Å². The molecule has 1 heterocycles. The highest BCUT2D eigenvalue weighted by Gasteiger charge is 2.26. The number of para-hydroxylation sites is 1. The Hall–Kier alpha value is -2.36. The second-order valence-electron chi connectivity index (χ2n) is 5.71. The summed E-state index contributed by atoms with van der Waals surface area (Å²) in [7, 11) is 0. The molecule has 1 unspecified atom stereocenters. The third kappa shape index (κ3) is 3.11. The molecule has 0 fully saturated rings. The van der Waals surface area contributed by atoms with Crippen molar-refractivity contribution in [1.82, 2.24) is 5.32 Å². The molecular formula is C18H19FN2O. The zero-order chi connectivity index (χ0) is 15.5. The predicted molar refractivity (Wildman–Crippen MR) is 85.2 cm³/mol. The number of hydrogen-bond acceptors (Lipinski definition) is 2. The highest BCUT2D eigenvalue weighted by atomic mass is 19.1. The maximum atomic E-state index is 12.8. The highest BCUT2D eigenvalue weighted by Crippen LogP contribution is 2.31. The third-order valence-corrected chi connectivity index (χ3v) is 4.07. The molecule has 1 aliphatic heterocycles. The Morgan fingerprint density at radius 1 is 1.23 bits per heavy atom. The van der Waals surface area contributed by atoms with Gasteiger partial charge in [-0.15, -0.1) is 0 Å². The lowest BCUT2D eigenvalue weighted by Gasteiger charge is -2.24. The van der Waals surface area contributed by atoms with E-state index in [-0.39, 0.29) is 11.7 Å². The summed E-state index contributed by atoms with van der Waals surface area (Å²) in [6, 6.07) is 14.7. The second kappa shape index (κ2) is 6.18. The summed E-state index contributed by atoms with van der Waals surface area (Å²) in [5.74, 6) is -0.287. The largest absolute Gasteiger partial charge is 0.359 e. The topological polar surface area (TPSA) is 32.3 Å². The number of amides is 1. The first kappa shape index (κ1) is 14.6. The lowest BCUT2D eigenvalue weighted by Crippen LogP contribution is -2.39. The van der Waals surface area contributed by atoms with Crippen LogP contribution >= 0.6 is 0 Å². The average molecular weight is 298 g/mol. The van der Waals surface area contributed by atoms with Crippen molar-refractivity contribution in [3.8, 4) is 0 Å². The van der Waals surface area contributed by atoms with Crippen LogP contribution in [0, 0.1) is 5.82 Å². The normalized spacial score (nSPS) is 16.5. The fourth-order valence-electron chi connectivity index (χ4n) is 2.88. The molecule has 1 atom stereocenters. The Morgan fingerprint density at radius 2 is 1.95 bits per heavy atom. The minimum absolute atomic E-state index is 0.0205. The SMILES string of the molecule is CC1Cc2ccccc2N1CC(=O)NCc1ccc(F)cc1. The van der Waals surface area contributed by atoms with E-state index >= 15 is 0 Å². The second-order valence-corrected chi connectivity index (χ2v) is 5.71. The van der Waals surface area contributed by atoms with Crippen molar-refractivity contribution >= 4 is 11.6 Å². The van der Waals surface area contributed by atoms with Gasteiger partial charge in [-0.2, -0.15) is 0 Å². The van der Waals surface area contributed by atoms with E-state index in [2.05, 4.69) is 29.3 Å². The van der Waals surface area contributed by atoms with E-state index in [0.29, 0.717) is 19.1 Å². The first-order valence-corrected chi connectivity index (χ1v) is 7.49. The van der Waals surface area contributed by atoms with E-state index in [9.17, 15) is 9.18 Å². The van der Waals surface area contributed by atoms with E-state index in [1.165, 1.54) is 17.7 Å². The molecule has 0 saturated carbocycles. The Balaban J connectivity index is 1.59. The van der Waals surface area contributed by atoms with Gasteiger partial charge >= 0.3 is 0 Å². The molecule has 22 heavy (non-hydrogen) atoms. The Morgan fingerprint density at radius 3 is 2.73 bits per heavy atom. The van der Waals surface area contributed by atoms with Crippen molar-refractivity contribution < 1.29 is 9.18 Å². The van der Waals surface area contributed by atoms with E-state index in [1.807, 2.05) is 12.1 Å². The number of carbonyl (C=O) groups excluding carboxylic acids is 1. The van der Waals surface area contributed by atoms with Gasteiger partial charge in [0.25, 0.3) is 0 Å². The van der Waals surface area contributed by atoms with Gasteiger partial charge in [-0.1, -0.05) is 30.3 Å². The third-order valence-electron chi connectivity index (χ3n) is 4.07. The Bertz CT molecular complexity index is 669. The molecule has 4 heteroatoms. The van der Waals surface area contributed by atoms with Crippen molar-refractivity contribution in [2.24, 2.45) is 0 Å². The molecule has 1 N–H and O–H groups in total. The highest BCUT2D eigenvalue weighted by molar-refractivity contribution is 5.82. The van der Waals surface area contributed by atoms with Crippen LogP contribution in [0.5, 0.6) is 0 Å². The minimum atomic E-state index is -0.266. The van der Waals surface area contributed by atoms with Gasteiger partial charge in [0.05, 0.1) is 6.54 Å². The van der Waals surface area contributed by atoms with Gasteiger partial charge in [-0.3, -0.25) is 4.79 Å². The summed E-state index contributed by atoms with van der Waals surface area (Å²) < 4.78 is 12.8. The maximum Gasteiger partial charge on any atom is 0.239 e. The molecule has 0 radical (unpaired) electrons. The zero-order valence-corrected chi connectivity index (χ0v) is 12.6. The molecule has 0 bridgehead atoms. The van der Waals surface area contributed by atoms with E-state index < -0.39 is 0 Å². The number of halogens is 1. The summed E-state index contributed by atoms with van der Waals surface area (Å²) in [6.07, 6.45) is 0.974. The van der Waals surface area contributed by atoms with Crippen molar-refractivity contribution in [3.05, 3.63) is 65.5 Å². The molecule has 0 spiro atoms. The molecular weight excluding hydrogens is 279 g/mol. The van der Waals surface area contributed by atoms with Gasteiger partial charge < -0.3 is 10.2 Å². The number of nitrogens with one attached hydrogen (secondary N) is 1. The predicted octanol–water partition coefficient (Wildman–Crippen LogP) is 2.89. The molecule has 114 valence electrons. The van der Waals surface area contributed by atoms with Crippen molar-refractivity contribution in [3.63, 3.8) is 0 Å². The Kier molecular flexibility index (Phi) is 4.09. The molecule has 3 rings (SSSR count). The maximum absolute atomic E-state index is 12.8. The van der Waals surface area contributed by atoms with E-state index in [0.717, 1.165) is 17.7 Å². The van der Waals surface area contributed by atoms with Gasteiger partial charge in [0.2, 0.25) is 5.91 Å². The Labute approximate surface area is 129 Å². The first-order valence-electron chi connectivity index (χ1n) is 7.49.